The van der Waals surface area contributed by atoms with Gasteiger partial charge in [0.2, 0.25) is 11.0 Å². The van der Waals surface area contributed by atoms with Crippen LogP contribution in [0.1, 0.15) is 25.8 Å². The topological polar surface area (TPSA) is 85.4 Å². The number of rotatable bonds is 8. The molecule has 1 aliphatic carbocycles. The van der Waals surface area contributed by atoms with Crippen LogP contribution < -0.4 is 10.1 Å². The van der Waals surface area contributed by atoms with Crippen molar-refractivity contribution in [3.8, 4) is 16.3 Å². The Morgan fingerprint density at radius 3 is 2.39 bits per heavy atom. The first-order valence-corrected chi connectivity index (χ1v) is 14.2. The van der Waals surface area contributed by atoms with E-state index in [1.54, 1.807) is 19.1 Å². The highest BCUT2D eigenvalue weighted by Gasteiger charge is 2.49. The summed E-state index contributed by atoms with van der Waals surface area (Å²) in [7, 11) is -3.33. The number of hydrogen-bond acceptors (Lipinski definition) is 6. The largest absolute Gasteiger partial charge is 0.445 e. The van der Waals surface area contributed by atoms with E-state index in [-0.39, 0.29) is 40.3 Å². The van der Waals surface area contributed by atoms with Crippen LogP contribution in [0.2, 0.25) is 0 Å². The Balaban J connectivity index is 1.51. The SMILES string of the molecule is CCS(=O)(=O)c1ccc(CC(=O)Nc2nc(-c3ccccc3)c(OC3=CCC(C)(C(F)(F)F)C=C3)s2)cc1. The van der Waals surface area contributed by atoms with Gasteiger partial charge in [-0.05, 0) is 43.2 Å². The standard InChI is InChI=1S/C27H25F3N2O4S2/c1-3-38(34,35)21-11-9-18(10-12-21)17-22(33)31-25-32-23(19-7-5-4-6-8-19)24(37-25)36-20-13-15-26(2,16-14-20)27(28,29)30/h4-15H,3,16-17H2,1-2H3,(H,31,32,33). The van der Waals surface area contributed by atoms with Crippen LogP contribution in [0.15, 0.2) is 83.5 Å². The minimum atomic E-state index is -4.38. The van der Waals surface area contributed by atoms with E-state index in [0.29, 0.717) is 21.9 Å². The van der Waals surface area contributed by atoms with Crippen LogP contribution in [0.3, 0.4) is 0 Å². The van der Waals surface area contributed by atoms with Gasteiger partial charge in [-0.3, -0.25) is 4.79 Å². The molecule has 0 saturated heterocycles. The number of nitrogens with one attached hydrogen (secondary N) is 1. The quantitative estimate of drug-likeness (QED) is 0.335. The Kier molecular flexibility index (Phi) is 7.80. The molecule has 1 aromatic heterocycles. The van der Waals surface area contributed by atoms with Gasteiger partial charge in [0.1, 0.15) is 11.5 Å². The summed E-state index contributed by atoms with van der Waals surface area (Å²) in [6.45, 7) is 2.69. The van der Waals surface area contributed by atoms with Gasteiger partial charge in [0.25, 0.3) is 0 Å². The maximum atomic E-state index is 13.3. The van der Waals surface area contributed by atoms with Crippen LogP contribution in [-0.2, 0) is 21.1 Å². The zero-order chi connectivity index (χ0) is 27.6. The second-order valence-electron chi connectivity index (χ2n) is 8.95. The first kappa shape index (κ1) is 27.6. The molecule has 0 fully saturated rings. The average Bonchev–Trinajstić information content (AvgIpc) is 3.27. The van der Waals surface area contributed by atoms with E-state index in [1.807, 2.05) is 30.3 Å². The summed E-state index contributed by atoms with van der Waals surface area (Å²) in [5, 5.41) is 3.32. The summed E-state index contributed by atoms with van der Waals surface area (Å²) >= 11 is 1.06. The fraction of sp³-hybridized carbons (Fsp3) is 0.259. The summed E-state index contributed by atoms with van der Waals surface area (Å²) < 4.78 is 69.9. The van der Waals surface area contributed by atoms with Crippen molar-refractivity contribution in [2.45, 2.75) is 37.8 Å². The first-order valence-electron chi connectivity index (χ1n) is 11.7. The second kappa shape index (κ2) is 10.7. The first-order chi connectivity index (χ1) is 17.9. The number of sulfone groups is 1. The van der Waals surface area contributed by atoms with Crippen molar-refractivity contribution < 1.29 is 31.1 Å². The summed E-state index contributed by atoms with van der Waals surface area (Å²) in [6, 6.07) is 15.2. The van der Waals surface area contributed by atoms with Gasteiger partial charge in [0, 0.05) is 5.56 Å². The van der Waals surface area contributed by atoms with Crippen molar-refractivity contribution in [3.63, 3.8) is 0 Å². The molecule has 200 valence electrons. The zero-order valence-corrected chi connectivity index (χ0v) is 22.2. The number of carbonyl (C=O) groups is 1. The second-order valence-corrected chi connectivity index (χ2v) is 12.2. The maximum absolute atomic E-state index is 13.3. The minimum absolute atomic E-state index is 0.00713. The van der Waals surface area contributed by atoms with Gasteiger partial charge in [-0.15, -0.1) is 0 Å². The van der Waals surface area contributed by atoms with Gasteiger partial charge in [-0.25, -0.2) is 13.4 Å². The van der Waals surface area contributed by atoms with Crippen molar-refractivity contribution in [2.24, 2.45) is 5.41 Å². The highest BCUT2D eigenvalue weighted by Crippen LogP contribution is 2.45. The van der Waals surface area contributed by atoms with Crippen LogP contribution in [0.25, 0.3) is 11.3 Å². The fourth-order valence-corrected chi connectivity index (χ4v) is 5.40. The van der Waals surface area contributed by atoms with Gasteiger partial charge in [-0.1, -0.05) is 66.8 Å². The van der Waals surface area contributed by atoms with Crippen molar-refractivity contribution in [2.75, 3.05) is 11.1 Å². The van der Waals surface area contributed by atoms with E-state index in [2.05, 4.69) is 10.3 Å². The lowest BCUT2D eigenvalue weighted by atomic mass is 9.83. The molecule has 1 heterocycles. The zero-order valence-electron chi connectivity index (χ0n) is 20.6. The number of carbonyl (C=O) groups excluding carboxylic acids is 1. The van der Waals surface area contributed by atoms with E-state index < -0.39 is 21.4 Å². The molecule has 4 rings (SSSR count). The molecule has 1 unspecified atom stereocenters. The number of hydrogen-bond donors (Lipinski definition) is 1. The number of nitrogens with zero attached hydrogens (tertiary/aromatic N) is 1. The molecule has 3 aromatic rings. The highest BCUT2D eigenvalue weighted by atomic mass is 32.2. The molecule has 6 nitrogen and oxygen atoms in total. The number of ether oxygens (including phenoxy) is 1. The molecule has 11 heteroatoms. The molecule has 0 radical (unpaired) electrons. The van der Waals surface area contributed by atoms with Gasteiger partial charge in [0.15, 0.2) is 15.0 Å². The number of anilines is 1. The van der Waals surface area contributed by atoms with Gasteiger partial charge >= 0.3 is 6.18 Å². The van der Waals surface area contributed by atoms with E-state index in [1.165, 1.54) is 24.3 Å². The Hall–Kier alpha value is -3.44. The third kappa shape index (κ3) is 6.16. The number of benzene rings is 2. The van der Waals surface area contributed by atoms with Crippen LogP contribution >= 0.6 is 11.3 Å². The number of halogens is 3. The number of amides is 1. The number of aromatic nitrogens is 1. The lowest BCUT2D eigenvalue weighted by Gasteiger charge is -2.30. The fourth-order valence-electron chi connectivity index (χ4n) is 3.65. The van der Waals surface area contributed by atoms with Crippen LogP contribution in [0, 0.1) is 5.41 Å². The summed E-state index contributed by atoms with van der Waals surface area (Å²) in [5.74, 6) is -0.124. The molecule has 0 aliphatic heterocycles. The van der Waals surface area contributed by atoms with Gasteiger partial charge in [0.05, 0.1) is 22.5 Å². The monoisotopic (exact) mass is 562 g/mol. The third-order valence-corrected chi connectivity index (χ3v) is 8.72. The number of allylic oxidation sites excluding steroid dienone is 3. The van der Waals surface area contributed by atoms with E-state index in [4.69, 9.17) is 4.74 Å². The molecule has 38 heavy (non-hydrogen) atoms. The Bertz CT molecular complexity index is 1480. The molecule has 0 spiro atoms. The Morgan fingerprint density at radius 1 is 1.13 bits per heavy atom. The van der Waals surface area contributed by atoms with Crippen LogP contribution in [-0.4, -0.2) is 31.2 Å². The third-order valence-electron chi connectivity index (χ3n) is 6.12. The molecular weight excluding hydrogens is 537 g/mol. The maximum Gasteiger partial charge on any atom is 0.397 e. The highest BCUT2D eigenvalue weighted by molar-refractivity contribution is 7.91. The summed E-state index contributed by atoms with van der Waals surface area (Å²) in [6.07, 6.45) is -0.871. The molecule has 0 bridgehead atoms. The van der Waals surface area contributed by atoms with Crippen molar-refractivity contribution in [1.82, 2.24) is 4.98 Å². The van der Waals surface area contributed by atoms with Crippen molar-refractivity contribution in [1.29, 1.82) is 0 Å². The normalized spacial score (nSPS) is 17.7. The van der Waals surface area contributed by atoms with Gasteiger partial charge in [-0.2, -0.15) is 13.2 Å². The molecule has 1 aliphatic rings. The van der Waals surface area contributed by atoms with Crippen molar-refractivity contribution >= 4 is 32.2 Å². The summed E-state index contributed by atoms with van der Waals surface area (Å²) in [4.78, 5) is 17.4. The average molecular weight is 563 g/mol. The summed E-state index contributed by atoms with van der Waals surface area (Å²) in [5.41, 5.74) is -0.182. The van der Waals surface area contributed by atoms with Gasteiger partial charge < -0.3 is 10.1 Å². The van der Waals surface area contributed by atoms with Crippen LogP contribution in [0.4, 0.5) is 18.3 Å². The predicted octanol–water partition coefficient (Wildman–Crippen LogP) is 6.58. The number of thiazole rings is 1. The van der Waals surface area contributed by atoms with E-state index in [0.717, 1.165) is 24.3 Å². The lowest BCUT2D eigenvalue weighted by Crippen LogP contribution is -2.34. The predicted molar refractivity (Wildman–Crippen MR) is 141 cm³/mol. The smallest absolute Gasteiger partial charge is 0.397 e. The molecule has 0 saturated carbocycles. The molecular formula is C27H25F3N2O4S2. The molecule has 1 atom stereocenters. The lowest BCUT2D eigenvalue weighted by molar-refractivity contribution is -0.199. The van der Waals surface area contributed by atoms with E-state index in [9.17, 15) is 26.4 Å². The van der Waals surface area contributed by atoms with E-state index >= 15 is 0 Å². The Morgan fingerprint density at radius 2 is 1.82 bits per heavy atom. The minimum Gasteiger partial charge on any atom is -0.445 e. The number of alkyl halides is 3. The molecule has 2 aromatic carbocycles. The van der Waals surface area contributed by atoms with Crippen molar-refractivity contribution in [3.05, 3.63) is 84.1 Å². The Labute approximate surface area is 222 Å². The molecule has 1 amide bonds. The molecule has 1 N–H and O–H groups in total. The van der Waals surface area contributed by atoms with Crippen LogP contribution in [0.5, 0.6) is 5.06 Å².